The number of hydrogen-bond acceptors (Lipinski definition) is 4. The maximum atomic E-state index is 12.3. The van der Waals surface area contributed by atoms with Crippen LogP contribution in [0.4, 0.5) is 0 Å². The summed E-state index contributed by atoms with van der Waals surface area (Å²) in [6.45, 7) is 8.73. The smallest absolute Gasteiger partial charge is 0.242 e. The van der Waals surface area contributed by atoms with Crippen LogP contribution in [-0.2, 0) is 14.4 Å². The summed E-state index contributed by atoms with van der Waals surface area (Å²) in [5.74, 6) is -0.767. The molecule has 1 aliphatic rings. The molecule has 0 saturated carbocycles. The minimum Gasteiger partial charge on any atom is -0.344 e. The second kappa shape index (κ2) is 9.17. The summed E-state index contributed by atoms with van der Waals surface area (Å²) in [4.78, 5) is 36.5. The van der Waals surface area contributed by atoms with Gasteiger partial charge in [-0.1, -0.05) is 24.8 Å². The highest BCUT2D eigenvalue weighted by Crippen LogP contribution is 2.16. The SMILES string of the molecule is C=C/C1=C\C(=C/C)C[C@@H](C(C)=O)NC(=O)C(C)NC(=O)[C@@H](NC)C1. The maximum Gasteiger partial charge on any atom is 0.242 e. The zero-order valence-corrected chi connectivity index (χ0v) is 14.8. The number of amides is 2. The monoisotopic (exact) mass is 333 g/mol. The molecule has 132 valence electrons. The summed E-state index contributed by atoms with van der Waals surface area (Å²) in [7, 11) is 1.70. The Balaban J connectivity index is 3.25. The van der Waals surface area contributed by atoms with Crippen molar-refractivity contribution >= 4 is 17.6 Å². The van der Waals surface area contributed by atoms with Gasteiger partial charge < -0.3 is 16.0 Å². The molecule has 0 spiro atoms. The van der Waals surface area contributed by atoms with Gasteiger partial charge in [0.05, 0.1) is 12.1 Å². The largest absolute Gasteiger partial charge is 0.344 e. The van der Waals surface area contributed by atoms with Gasteiger partial charge in [0.15, 0.2) is 5.78 Å². The molecule has 0 aromatic rings. The molecule has 6 heteroatoms. The van der Waals surface area contributed by atoms with E-state index >= 15 is 0 Å². The van der Waals surface area contributed by atoms with Gasteiger partial charge in [0.2, 0.25) is 11.8 Å². The number of carbonyl (C=O) groups excluding carboxylic acids is 3. The molecule has 1 rings (SSSR count). The minimum atomic E-state index is -0.722. The summed E-state index contributed by atoms with van der Waals surface area (Å²) in [5.41, 5.74) is 1.80. The highest BCUT2D eigenvalue weighted by molar-refractivity contribution is 5.93. The fraction of sp³-hybridized carbons (Fsp3) is 0.500. The lowest BCUT2D eigenvalue weighted by Crippen LogP contribution is -2.53. The minimum absolute atomic E-state index is 0.125. The van der Waals surface area contributed by atoms with Crippen molar-refractivity contribution in [3.63, 3.8) is 0 Å². The molecule has 3 atom stereocenters. The van der Waals surface area contributed by atoms with Crippen molar-refractivity contribution in [1.29, 1.82) is 0 Å². The Bertz CT molecular complexity index is 578. The van der Waals surface area contributed by atoms with Crippen LogP contribution in [0.5, 0.6) is 0 Å². The molecule has 0 aromatic heterocycles. The predicted molar refractivity (Wildman–Crippen MR) is 94.3 cm³/mol. The molecule has 0 aromatic carbocycles. The molecule has 2 amide bonds. The van der Waals surface area contributed by atoms with Crippen LogP contribution in [0, 0.1) is 0 Å². The Labute approximate surface area is 143 Å². The fourth-order valence-corrected chi connectivity index (χ4v) is 2.47. The van der Waals surface area contributed by atoms with E-state index in [1.807, 2.05) is 19.1 Å². The number of likely N-dealkylation sites (N-methyl/N-ethyl adjacent to an activating group) is 1. The van der Waals surface area contributed by atoms with Crippen LogP contribution in [-0.4, -0.2) is 42.8 Å². The van der Waals surface area contributed by atoms with Crippen LogP contribution in [0.25, 0.3) is 0 Å². The highest BCUT2D eigenvalue weighted by Gasteiger charge is 2.26. The van der Waals surface area contributed by atoms with Gasteiger partial charge in [-0.25, -0.2) is 0 Å². The van der Waals surface area contributed by atoms with E-state index in [0.29, 0.717) is 12.8 Å². The zero-order valence-electron chi connectivity index (χ0n) is 14.8. The van der Waals surface area contributed by atoms with Crippen molar-refractivity contribution in [2.24, 2.45) is 0 Å². The molecule has 0 saturated heterocycles. The van der Waals surface area contributed by atoms with Gasteiger partial charge in [-0.15, -0.1) is 0 Å². The van der Waals surface area contributed by atoms with Crippen LogP contribution < -0.4 is 16.0 Å². The summed E-state index contributed by atoms with van der Waals surface area (Å²) < 4.78 is 0. The molecular weight excluding hydrogens is 306 g/mol. The maximum absolute atomic E-state index is 12.3. The fourth-order valence-electron chi connectivity index (χ4n) is 2.47. The molecule has 0 radical (unpaired) electrons. The molecule has 1 heterocycles. The van der Waals surface area contributed by atoms with Gasteiger partial charge in [0.1, 0.15) is 6.04 Å². The first-order chi connectivity index (χ1) is 11.3. The summed E-state index contributed by atoms with van der Waals surface area (Å²) in [6.07, 6.45) is 6.37. The van der Waals surface area contributed by atoms with Gasteiger partial charge in [-0.3, -0.25) is 14.4 Å². The van der Waals surface area contributed by atoms with Gasteiger partial charge in [-0.05, 0) is 51.8 Å². The second-order valence-corrected chi connectivity index (χ2v) is 5.94. The molecule has 3 N–H and O–H groups in total. The third-order valence-electron chi connectivity index (χ3n) is 4.11. The van der Waals surface area contributed by atoms with Crippen molar-refractivity contribution in [2.45, 2.75) is 51.7 Å². The van der Waals surface area contributed by atoms with E-state index in [2.05, 4.69) is 22.5 Å². The average Bonchev–Trinajstić information content (AvgIpc) is 2.54. The van der Waals surface area contributed by atoms with E-state index in [4.69, 9.17) is 0 Å². The quantitative estimate of drug-likeness (QED) is 0.719. The van der Waals surface area contributed by atoms with Gasteiger partial charge >= 0.3 is 0 Å². The highest BCUT2D eigenvalue weighted by atomic mass is 16.2. The van der Waals surface area contributed by atoms with E-state index in [-0.39, 0.29) is 17.6 Å². The molecule has 1 aliphatic heterocycles. The van der Waals surface area contributed by atoms with Crippen molar-refractivity contribution < 1.29 is 14.4 Å². The zero-order chi connectivity index (χ0) is 18.3. The van der Waals surface area contributed by atoms with Crippen LogP contribution in [0.2, 0.25) is 0 Å². The molecule has 0 bridgehead atoms. The third-order valence-corrected chi connectivity index (χ3v) is 4.11. The molecule has 0 fully saturated rings. The summed E-state index contributed by atoms with van der Waals surface area (Å²) in [6, 6.07) is -1.81. The lowest BCUT2D eigenvalue weighted by Gasteiger charge is -2.24. The Hall–Kier alpha value is -2.21. The van der Waals surface area contributed by atoms with Crippen LogP contribution in [0.1, 0.15) is 33.6 Å². The van der Waals surface area contributed by atoms with Gasteiger partial charge in [0.25, 0.3) is 0 Å². The van der Waals surface area contributed by atoms with Crippen LogP contribution in [0.3, 0.4) is 0 Å². The standard InChI is InChI=1S/C18H27N3O3/c1-6-13-8-14(7-2)10-16(19-5)18(24)20-11(3)17(23)21-15(9-13)12(4)22/h6-8,11,15-16,19H,2,9-10H2,1,3-5H3,(H,20,24)(H,21,23)/b13-6+,14-8+/t11?,15-,16-/m0/s1. The number of rotatable bonds is 3. The number of allylic oxidation sites excluding steroid dienone is 3. The number of nitrogens with one attached hydrogen (secondary N) is 3. The number of hydrogen-bond donors (Lipinski definition) is 3. The van der Waals surface area contributed by atoms with Crippen molar-refractivity contribution in [1.82, 2.24) is 16.0 Å². The van der Waals surface area contributed by atoms with Crippen molar-refractivity contribution in [3.05, 3.63) is 36.0 Å². The van der Waals surface area contributed by atoms with E-state index in [9.17, 15) is 14.4 Å². The van der Waals surface area contributed by atoms with Crippen molar-refractivity contribution in [3.8, 4) is 0 Å². The molecule has 24 heavy (non-hydrogen) atoms. The van der Waals surface area contributed by atoms with Gasteiger partial charge in [-0.2, -0.15) is 0 Å². The van der Waals surface area contributed by atoms with E-state index in [0.717, 1.165) is 11.1 Å². The molecule has 1 unspecified atom stereocenters. The van der Waals surface area contributed by atoms with E-state index < -0.39 is 18.1 Å². The summed E-state index contributed by atoms with van der Waals surface area (Å²) >= 11 is 0. The van der Waals surface area contributed by atoms with Crippen LogP contribution >= 0.6 is 0 Å². The molecule has 0 aliphatic carbocycles. The topological polar surface area (TPSA) is 87.3 Å². The second-order valence-electron chi connectivity index (χ2n) is 5.94. The Morgan fingerprint density at radius 2 is 1.96 bits per heavy atom. The number of carbonyl (C=O) groups is 3. The average molecular weight is 333 g/mol. The first kappa shape index (κ1) is 19.8. The van der Waals surface area contributed by atoms with E-state index in [1.165, 1.54) is 6.92 Å². The Morgan fingerprint density at radius 1 is 1.29 bits per heavy atom. The van der Waals surface area contributed by atoms with Crippen LogP contribution in [0.15, 0.2) is 36.0 Å². The van der Waals surface area contributed by atoms with Gasteiger partial charge in [0, 0.05) is 0 Å². The third kappa shape index (κ3) is 5.45. The number of Topliss-reactive ketones (excluding diaryl/α,β-unsaturated/α-hetero) is 1. The predicted octanol–water partition coefficient (Wildman–Crippen LogP) is 1.01. The normalized spacial score (nSPS) is 30.2. The van der Waals surface area contributed by atoms with E-state index in [1.54, 1.807) is 20.0 Å². The Kier molecular flexibility index (Phi) is 7.58. The van der Waals surface area contributed by atoms with Crippen molar-refractivity contribution in [2.75, 3.05) is 7.05 Å². The molecular formula is C18H27N3O3. The first-order valence-electron chi connectivity index (χ1n) is 8.09. The lowest BCUT2D eigenvalue weighted by atomic mass is 9.96. The first-order valence-corrected chi connectivity index (χ1v) is 8.09. The Morgan fingerprint density at radius 3 is 2.46 bits per heavy atom. The summed E-state index contributed by atoms with van der Waals surface area (Å²) in [5, 5.41) is 8.35. The lowest BCUT2D eigenvalue weighted by molar-refractivity contribution is -0.131. The molecule has 6 nitrogen and oxygen atoms in total. The number of ketones is 1.